The maximum atomic E-state index is 12.7. The zero-order valence-corrected chi connectivity index (χ0v) is 14.3. The lowest BCUT2D eigenvalue weighted by molar-refractivity contribution is 0.0757. The second kappa shape index (κ2) is 7.55. The van der Waals surface area contributed by atoms with Crippen molar-refractivity contribution in [3.05, 3.63) is 58.1 Å². The quantitative estimate of drug-likeness (QED) is 0.755. The maximum absolute atomic E-state index is 12.7. The van der Waals surface area contributed by atoms with Crippen molar-refractivity contribution in [2.24, 2.45) is 0 Å². The average molecular weight is 326 g/mol. The lowest BCUT2D eigenvalue weighted by atomic mass is 10.2. The van der Waals surface area contributed by atoms with Gasteiger partial charge in [0, 0.05) is 18.0 Å². The second-order valence-electron chi connectivity index (χ2n) is 5.88. The first-order chi connectivity index (χ1) is 11.3. The molecule has 1 saturated carbocycles. The molecule has 1 aliphatic carbocycles. The summed E-state index contributed by atoms with van der Waals surface area (Å²) in [7, 11) is 0. The zero-order chi connectivity index (χ0) is 16.1. The van der Waals surface area contributed by atoms with E-state index >= 15 is 0 Å². The van der Waals surface area contributed by atoms with Crippen LogP contribution < -0.4 is 0 Å². The van der Waals surface area contributed by atoms with Crippen LogP contribution in [0.5, 0.6) is 0 Å². The smallest absolute Gasteiger partial charge is 0.273 e. The van der Waals surface area contributed by atoms with E-state index in [1.54, 1.807) is 11.3 Å². The largest absolute Gasteiger partial charge is 0.331 e. The van der Waals surface area contributed by atoms with E-state index in [9.17, 15) is 4.79 Å². The van der Waals surface area contributed by atoms with Crippen molar-refractivity contribution in [3.63, 3.8) is 0 Å². The second-order valence-corrected chi connectivity index (χ2v) is 6.82. The number of benzene rings is 1. The summed E-state index contributed by atoms with van der Waals surface area (Å²) in [5, 5.41) is 2.97. The van der Waals surface area contributed by atoms with E-state index in [0.717, 1.165) is 36.3 Å². The Morgan fingerprint density at radius 1 is 1.35 bits per heavy atom. The van der Waals surface area contributed by atoms with Crippen LogP contribution in [0.1, 0.15) is 47.2 Å². The fourth-order valence-electron chi connectivity index (χ4n) is 2.54. The number of thiazole rings is 1. The van der Waals surface area contributed by atoms with Gasteiger partial charge in [0.15, 0.2) is 0 Å². The molecular formula is C19H22N2OS. The molecule has 120 valence electrons. The number of aromatic nitrogens is 1. The van der Waals surface area contributed by atoms with Crippen LogP contribution in [0.25, 0.3) is 6.08 Å². The fraction of sp³-hybridized carbons (Fsp3) is 0.368. The molecule has 3 nitrogen and oxygen atoms in total. The minimum absolute atomic E-state index is 0.0730. The molecule has 1 amide bonds. The Balaban J connectivity index is 1.66. The highest BCUT2D eigenvalue weighted by Gasteiger charge is 2.33. The third-order valence-electron chi connectivity index (χ3n) is 3.90. The van der Waals surface area contributed by atoms with Crippen LogP contribution in [0.4, 0.5) is 0 Å². The van der Waals surface area contributed by atoms with Crippen LogP contribution in [0.15, 0.2) is 41.8 Å². The lowest BCUT2D eigenvalue weighted by Gasteiger charge is -2.19. The minimum Gasteiger partial charge on any atom is -0.331 e. The minimum atomic E-state index is 0.0730. The van der Waals surface area contributed by atoms with E-state index in [1.807, 2.05) is 28.5 Å². The Bertz CT molecular complexity index is 674. The summed E-state index contributed by atoms with van der Waals surface area (Å²) in [4.78, 5) is 19.2. The number of hydrogen-bond donors (Lipinski definition) is 0. The molecule has 1 aromatic heterocycles. The molecule has 0 atom stereocenters. The number of amides is 1. The molecule has 0 bridgehead atoms. The van der Waals surface area contributed by atoms with E-state index in [1.165, 1.54) is 0 Å². The predicted octanol–water partition coefficient (Wildman–Crippen LogP) is 4.41. The van der Waals surface area contributed by atoms with Gasteiger partial charge in [-0.3, -0.25) is 4.79 Å². The molecule has 2 aromatic rings. The van der Waals surface area contributed by atoms with Crippen molar-refractivity contribution in [1.29, 1.82) is 0 Å². The van der Waals surface area contributed by atoms with Gasteiger partial charge in [0.2, 0.25) is 0 Å². The number of carbonyl (C=O) groups excluding carboxylic acids is 1. The molecule has 0 saturated heterocycles. The van der Waals surface area contributed by atoms with Gasteiger partial charge in [0.1, 0.15) is 5.69 Å². The van der Waals surface area contributed by atoms with Crippen molar-refractivity contribution >= 4 is 23.3 Å². The molecular weight excluding hydrogens is 304 g/mol. The molecule has 1 heterocycles. The Morgan fingerprint density at radius 3 is 2.83 bits per heavy atom. The van der Waals surface area contributed by atoms with E-state index < -0.39 is 0 Å². The third kappa shape index (κ3) is 4.29. The highest BCUT2D eigenvalue weighted by molar-refractivity contribution is 7.09. The van der Waals surface area contributed by atoms with Gasteiger partial charge in [0.05, 0.1) is 5.01 Å². The first kappa shape index (κ1) is 15.9. The molecule has 4 heteroatoms. The van der Waals surface area contributed by atoms with Gasteiger partial charge in [-0.05, 0) is 31.2 Å². The van der Waals surface area contributed by atoms with Crippen LogP contribution in [0.3, 0.4) is 0 Å². The molecule has 1 fully saturated rings. The monoisotopic (exact) mass is 326 g/mol. The number of aryl methyl sites for hydroxylation is 1. The first-order valence-corrected chi connectivity index (χ1v) is 9.13. The van der Waals surface area contributed by atoms with E-state index in [4.69, 9.17) is 0 Å². The predicted molar refractivity (Wildman–Crippen MR) is 95.6 cm³/mol. The summed E-state index contributed by atoms with van der Waals surface area (Å²) in [5.41, 5.74) is 1.77. The van der Waals surface area contributed by atoms with Crippen molar-refractivity contribution in [1.82, 2.24) is 9.88 Å². The highest BCUT2D eigenvalue weighted by atomic mass is 32.1. The van der Waals surface area contributed by atoms with Crippen LogP contribution in [-0.2, 0) is 6.42 Å². The van der Waals surface area contributed by atoms with Gasteiger partial charge in [-0.1, -0.05) is 49.4 Å². The Kier molecular flexibility index (Phi) is 5.23. The van der Waals surface area contributed by atoms with Gasteiger partial charge >= 0.3 is 0 Å². The van der Waals surface area contributed by atoms with E-state index in [0.29, 0.717) is 18.3 Å². The molecule has 0 unspecified atom stereocenters. The third-order valence-corrected chi connectivity index (χ3v) is 4.80. The normalized spacial score (nSPS) is 14.3. The van der Waals surface area contributed by atoms with Crippen LogP contribution in [0, 0.1) is 0 Å². The standard InChI is InChI=1S/C19H22N2OS/c1-2-7-18-20-17(14-23-18)19(22)21(16-11-12-16)13-6-10-15-8-4-3-5-9-15/h3-6,8-10,14,16H,2,7,11-13H2,1H3. The van der Waals surface area contributed by atoms with Crippen molar-refractivity contribution < 1.29 is 4.79 Å². The topological polar surface area (TPSA) is 33.2 Å². The number of rotatable bonds is 7. The van der Waals surface area contributed by atoms with Crippen molar-refractivity contribution in [2.45, 2.75) is 38.6 Å². The molecule has 0 aliphatic heterocycles. The van der Waals surface area contributed by atoms with Crippen molar-refractivity contribution in [3.8, 4) is 0 Å². The van der Waals surface area contributed by atoms with Crippen LogP contribution >= 0.6 is 11.3 Å². The molecule has 3 rings (SSSR count). The van der Waals surface area contributed by atoms with Crippen LogP contribution in [-0.4, -0.2) is 28.4 Å². The van der Waals surface area contributed by atoms with Crippen LogP contribution in [0.2, 0.25) is 0 Å². The summed E-state index contributed by atoms with van der Waals surface area (Å²) in [6.07, 6.45) is 8.38. The number of hydrogen-bond acceptors (Lipinski definition) is 3. The van der Waals surface area contributed by atoms with Gasteiger partial charge in [-0.25, -0.2) is 4.98 Å². The molecule has 23 heavy (non-hydrogen) atoms. The summed E-state index contributed by atoms with van der Waals surface area (Å²) in [6, 6.07) is 10.6. The van der Waals surface area contributed by atoms with Gasteiger partial charge in [0.25, 0.3) is 5.91 Å². The Hall–Kier alpha value is -1.94. The van der Waals surface area contributed by atoms with Gasteiger partial charge < -0.3 is 4.90 Å². The lowest BCUT2D eigenvalue weighted by Crippen LogP contribution is -2.33. The first-order valence-electron chi connectivity index (χ1n) is 8.25. The van der Waals surface area contributed by atoms with Gasteiger partial charge in [-0.15, -0.1) is 11.3 Å². The summed E-state index contributed by atoms with van der Waals surface area (Å²) in [5.74, 6) is 0.0730. The maximum Gasteiger partial charge on any atom is 0.273 e. The highest BCUT2D eigenvalue weighted by Crippen LogP contribution is 2.28. The average Bonchev–Trinajstić information content (AvgIpc) is 3.31. The molecule has 1 aromatic carbocycles. The molecule has 0 spiro atoms. The zero-order valence-electron chi connectivity index (χ0n) is 13.4. The van der Waals surface area contributed by atoms with E-state index in [-0.39, 0.29) is 5.91 Å². The summed E-state index contributed by atoms with van der Waals surface area (Å²) in [6.45, 7) is 2.78. The summed E-state index contributed by atoms with van der Waals surface area (Å²) >= 11 is 1.60. The Morgan fingerprint density at radius 2 is 2.13 bits per heavy atom. The fourth-order valence-corrected chi connectivity index (χ4v) is 3.41. The molecule has 0 radical (unpaired) electrons. The molecule has 0 N–H and O–H groups in total. The van der Waals surface area contributed by atoms with Gasteiger partial charge in [-0.2, -0.15) is 0 Å². The SMILES string of the molecule is CCCc1nc(C(=O)N(CC=Cc2ccccc2)C2CC2)cs1. The number of nitrogens with zero attached hydrogens (tertiary/aromatic N) is 2. The molecule has 1 aliphatic rings. The Labute approximate surface area is 141 Å². The van der Waals surface area contributed by atoms with E-state index in [2.05, 4.69) is 36.2 Å². The number of carbonyl (C=O) groups is 1. The summed E-state index contributed by atoms with van der Waals surface area (Å²) < 4.78 is 0. The van der Waals surface area contributed by atoms with Crippen molar-refractivity contribution in [2.75, 3.05) is 6.54 Å².